The van der Waals surface area contributed by atoms with Crippen LogP contribution >= 0.6 is 0 Å². The molecule has 0 amide bonds. The number of hydrogen-bond acceptors (Lipinski definition) is 9. The summed E-state index contributed by atoms with van der Waals surface area (Å²) >= 11 is 0. The fourth-order valence-corrected chi connectivity index (χ4v) is 6.44. The van der Waals surface area contributed by atoms with E-state index in [4.69, 9.17) is 14.7 Å². The van der Waals surface area contributed by atoms with Crippen LogP contribution in [0.5, 0.6) is 5.88 Å². The molecule has 1 aliphatic carbocycles. The van der Waals surface area contributed by atoms with Crippen molar-refractivity contribution in [2.45, 2.75) is 44.6 Å². The largest absolute Gasteiger partial charge is 0.480 e. The molecule has 2 unspecified atom stereocenters. The van der Waals surface area contributed by atoms with Crippen molar-refractivity contribution in [1.82, 2.24) is 20.2 Å². The molecule has 3 aromatic rings. The second kappa shape index (κ2) is 9.56. The summed E-state index contributed by atoms with van der Waals surface area (Å²) in [4.78, 5) is 14.7. The highest BCUT2D eigenvalue weighted by Gasteiger charge is 2.43. The first-order valence-corrected chi connectivity index (χ1v) is 13.4. The van der Waals surface area contributed by atoms with Gasteiger partial charge in [-0.15, -0.1) is 5.10 Å². The summed E-state index contributed by atoms with van der Waals surface area (Å²) in [5.74, 6) is 3.59. The quantitative estimate of drug-likeness (QED) is 0.486. The van der Waals surface area contributed by atoms with Crippen LogP contribution in [0.1, 0.15) is 38.7 Å². The maximum absolute atomic E-state index is 13.7. The van der Waals surface area contributed by atoms with E-state index in [1.165, 1.54) is 12.1 Å². The van der Waals surface area contributed by atoms with Gasteiger partial charge < -0.3 is 25.2 Å². The Morgan fingerprint density at radius 2 is 1.79 bits per heavy atom. The van der Waals surface area contributed by atoms with Gasteiger partial charge in [-0.05, 0) is 60.8 Å². The molecule has 1 saturated carbocycles. The highest BCUT2D eigenvalue weighted by molar-refractivity contribution is 5.73. The van der Waals surface area contributed by atoms with E-state index in [1.54, 1.807) is 7.11 Å². The van der Waals surface area contributed by atoms with Crippen LogP contribution in [0.4, 0.5) is 33.3 Å². The van der Waals surface area contributed by atoms with E-state index in [2.05, 4.69) is 44.5 Å². The van der Waals surface area contributed by atoms with Crippen molar-refractivity contribution in [2.24, 2.45) is 11.8 Å². The number of aromatic nitrogens is 4. The highest BCUT2D eigenvalue weighted by atomic mass is 19.1. The van der Waals surface area contributed by atoms with Crippen molar-refractivity contribution >= 4 is 29.0 Å². The molecular weight excluding hydrogens is 483 g/mol. The van der Waals surface area contributed by atoms with Gasteiger partial charge in [-0.3, -0.25) is 0 Å². The van der Waals surface area contributed by atoms with Crippen LogP contribution in [0.3, 0.4) is 0 Å². The number of benzene rings is 1. The molecule has 38 heavy (non-hydrogen) atoms. The van der Waals surface area contributed by atoms with Crippen molar-refractivity contribution in [1.29, 1.82) is 0 Å². The molecule has 4 heterocycles. The molecule has 6 rings (SSSR count). The molecule has 2 N–H and O–H groups in total. The minimum absolute atomic E-state index is 0.0905. The minimum atomic E-state index is -0.241. The van der Waals surface area contributed by atoms with Gasteiger partial charge in [-0.25, -0.2) is 4.39 Å². The third kappa shape index (κ3) is 4.35. The molecule has 0 spiro atoms. The summed E-state index contributed by atoms with van der Waals surface area (Å²) in [7, 11) is 3.53. The van der Waals surface area contributed by atoms with Crippen LogP contribution in [0.15, 0.2) is 36.5 Å². The molecule has 2 fully saturated rings. The first-order valence-electron chi connectivity index (χ1n) is 13.4. The lowest BCUT2D eigenvalue weighted by atomic mass is 9.79. The Hall–Kier alpha value is -3.69. The maximum atomic E-state index is 13.7. The maximum Gasteiger partial charge on any atom is 0.235 e. The van der Waals surface area contributed by atoms with E-state index in [9.17, 15) is 4.39 Å². The van der Waals surface area contributed by atoms with Gasteiger partial charge in [0.15, 0.2) is 0 Å². The normalized spacial score (nSPS) is 23.7. The highest BCUT2D eigenvalue weighted by Crippen LogP contribution is 2.46. The number of nitrogens with zero attached hydrogens (tertiary/aromatic N) is 6. The van der Waals surface area contributed by atoms with Crippen molar-refractivity contribution in [2.75, 3.05) is 54.2 Å². The molecule has 10 heteroatoms. The van der Waals surface area contributed by atoms with Crippen LogP contribution in [0, 0.1) is 17.7 Å². The average Bonchev–Trinajstić information content (AvgIpc) is 3.14. The average molecular weight is 519 g/mol. The number of piperidine rings is 1. The lowest BCUT2D eigenvalue weighted by molar-refractivity contribution is 0.372. The lowest BCUT2D eigenvalue weighted by Crippen LogP contribution is -2.48. The van der Waals surface area contributed by atoms with E-state index in [-0.39, 0.29) is 11.2 Å². The zero-order valence-electron chi connectivity index (χ0n) is 22.4. The zero-order valence-corrected chi connectivity index (χ0v) is 22.4. The molecule has 2 atom stereocenters. The molecule has 200 valence electrons. The number of halogens is 1. The van der Waals surface area contributed by atoms with Crippen LogP contribution < -0.4 is 25.2 Å². The van der Waals surface area contributed by atoms with Gasteiger partial charge >= 0.3 is 0 Å². The van der Waals surface area contributed by atoms with Gasteiger partial charge in [0.25, 0.3) is 0 Å². The molecular formula is C28H35FN8O. The van der Waals surface area contributed by atoms with E-state index in [0.29, 0.717) is 29.7 Å². The molecule has 2 aliphatic heterocycles. The first-order chi connectivity index (χ1) is 18.4. The molecule has 1 saturated heterocycles. The van der Waals surface area contributed by atoms with Crippen LogP contribution in [0.2, 0.25) is 0 Å². The molecule has 9 nitrogen and oxygen atoms in total. The number of ether oxygens (including phenoxy) is 1. The molecule has 1 aromatic carbocycles. The Labute approximate surface area is 222 Å². The number of fused-ring (bicyclic) bond motifs is 3. The molecule has 2 bridgehead atoms. The minimum Gasteiger partial charge on any atom is -0.480 e. The summed E-state index contributed by atoms with van der Waals surface area (Å²) in [5.41, 5.74) is 2.99. The predicted molar refractivity (Wildman–Crippen MR) is 147 cm³/mol. The number of nitrogens with one attached hydrogen (secondary N) is 2. The number of rotatable bonds is 6. The fourth-order valence-electron chi connectivity index (χ4n) is 6.44. The summed E-state index contributed by atoms with van der Waals surface area (Å²) in [6.45, 7) is 7.15. The monoisotopic (exact) mass is 518 g/mol. The lowest BCUT2D eigenvalue weighted by Gasteiger charge is -2.41. The number of methoxy groups -OCH3 is 1. The van der Waals surface area contributed by atoms with Gasteiger partial charge in [0.2, 0.25) is 11.8 Å². The van der Waals surface area contributed by atoms with Gasteiger partial charge in [-0.1, -0.05) is 13.8 Å². The Balaban J connectivity index is 1.30. The standard InChI is InChI=1S/C28H35FN8O/c1-28(2)11-12-37(20-9-7-19(29)8-10-20)26-23(28)25(30-3)33-27(34-26)32-24-17-5-6-18(24)16-36(15-17)21-13-22(38-4)35-31-14-21/h7-10,13-14,17-18,24H,5-6,11-12,15-16H2,1-4H3,(H2,30,32,33,34). The van der Waals surface area contributed by atoms with Gasteiger partial charge in [-0.2, -0.15) is 15.1 Å². The van der Waals surface area contributed by atoms with Crippen LogP contribution in [-0.2, 0) is 5.41 Å². The summed E-state index contributed by atoms with van der Waals surface area (Å²) < 4.78 is 19.0. The smallest absolute Gasteiger partial charge is 0.235 e. The summed E-state index contributed by atoms with van der Waals surface area (Å²) in [5, 5.41) is 15.2. The second-order valence-corrected chi connectivity index (χ2v) is 11.2. The number of hydrogen-bond donors (Lipinski definition) is 2. The van der Waals surface area contributed by atoms with Gasteiger partial charge in [0.1, 0.15) is 17.5 Å². The van der Waals surface area contributed by atoms with Crippen molar-refractivity contribution < 1.29 is 9.13 Å². The Bertz CT molecular complexity index is 1300. The van der Waals surface area contributed by atoms with Crippen LogP contribution in [-0.4, -0.2) is 60.0 Å². The predicted octanol–water partition coefficient (Wildman–Crippen LogP) is 4.60. The van der Waals surface area contributed by atoms with E-state index < -0.39 is 0 Å². The van der Waals surface area contributed by atoms with Gasteiger partial charge in [0.05, 0.1) is 19.0 Å². The zero-order chi connectivity index (χ0) is 26.4. The molecule has 3 aliphatic rings. The van der Waals surface area contributed by atoms with E-state index >= 15 is 0 Å². The topological polar surface area (TPSA) is 91.3 Å². The fraction of sp³-hybridized carbons (Fsp3) is 0.500. The van der Waals surface area contributed by atoms with Crippen molar-refractivity contribution in [3.8, 4) is 5.88 Å². The summed E-state index contributed by atoms with van der Waals surface area (Å²) in [6, 6.07) is 8.91. The SMILES string of the molecule is CNc1nc(NC2C3CCC2CN(c2cnnc(OC)c2)C3)nc2c1C(C)(C)CCN2c1ccc(F)cc1. The molecule has 2 aromatic heterocycles. The van der Waals surface area contributed by atoms with Crippen molar-refractivity contribution in [3.05, 3.63) is 47.9 Å². The third-order valence-electron chi connectivity index (χ3n) is 8.48. The Morgan fingerprint density at radius 3 is 2.47 bits per heavy atom. The van der Waals surface area contributed by atoms with Crippen molar-refractivity contribution in [3.63, 3.8) is 0 Å². The second-order valence-electron chi connectivity index (χ2n) is 11.2. The Morgan fingerprint density at radius 1 is 1.05 bits per heavy atom. The molecule has 0 radical (unpaired) electrons. The van der Waals surface area contributed by atoms with Crippen LogP contribution in [0.25, 0.3) is 0 Å². The Kier molecular flexibility index (Phi) is 6.20. The van der Waals surface area contributed by atoms with Gasteiger partial charge in [0, 0.05) is 50.0 Å². The first kappa shape index (κ1) is 24.6. The van der Waals surface area contributed by atoms with E-state index in [0.717, 1.165) is 67.5 Å². The number of anilines is 5. The third-order valence-corrected chi connectivity index (χ3v) is 8.48. The van der Waals surface area contributed by atoms with E-state index in [1.807, 2.05) is 31.4 Å². The summed E-state index contributed by atoms with van der Waals surface area (Å²) in [6.07, 6.45) is 5.08.